The maximum atomic E-state index is 13.1. The molecule has 1 saturated carbocycles. The molecule has 112 valence electrons. The third-order valence-electron chi connectivity index (χ3n) is 4.57. The van der Waals surface area contributed by atoms with Crippen molar-refractivity contribution >= 4 is 22.5 Å². The maximum Gasteiger partial charge on any atom is 0.323 e. The summed E-state index contributed by atoms with van der Waals surface area (Å²) in [6.45, 7) is 3.96. The lowest BCUT2D eigenvalue weighted by atomic mass is 9.76. The Labute approximate surface area is 129 Å². The number of carbonyl (C=O) groups is 2. The number of carbonyl (C=O) groups excluding carboxylic acids is 2. The molecule has 0 bridgehead atoms. The second kappa shape index (κ2) is 5.41. The molecule has 0 saturated heterocycles. The quantitative estimate of drug-likeness (QED) is 0.373. The van der Waals surface area contributed by atoms with Crippen LogP contribution in [0.2, 0.25) is 0 Å². The SMILES string of the molecule is C=C1CCC[C@]1(C(=O)OC)C(=O)c1ccc2ccccc2c1. The molecular weight excluding hydrogens is 276 g/mol. The predicted molar refractivity (Wildman–Crippen MR) is 85.7 cm³/mol. The van der Waals surface area contributed by atoms with Crippen molar-refractivity contribution < 1.29 is 14.3 Å². The summed E-state index contributed by atoms with van der Waals surface area (Å²) in [6.07, 6.45) is 1.95. The summed E-state index contributed by atoms with van der Waals surface area (Å²) in [5, 5.41) is 2.05. The van der Waals surface area contributed by atoms with Crippen molar-refractivity contribution in [2.75, 3.05) is 7.11 Å². The second-order valence-corrected chi connectivity index (χ2v) is 5.75. The molecule has 22 heavy (non-hydrogen) atoms. The lowest BCUT2D eigenvalue weighted by Gasteiger charge is -2.26. The lowest BCUT2D eigenvalue weighted by Crippen LogP contribution is -2.39. The van der Waals surface area contributed by atoms with Crippen LogP contribution in [0, 0.1) is 5.41 Å². The van der Waals surface area contributed by atoms with Gasteiger partial charge in [0.2, 0.25) is 0 Å². The molecule has 0 aromatic heterocycles. The minimum absolute atomic E-state index is 0.201. The van der Waals surface area contributed by atoms with Gasteiger partial charge in [-0.25, -0.2) is 0 Å². The van der Waals surface area contributed by atoms with Gasteiger partial charge in [0.05, 0.1) is 7.11 Å². The van der Waals surface area contributed by atoms with E-state index in [0.29, 0.717) is 24.0 Å². The minimum Gasteiger partial charge on any atom is -0.468 e. The van der Waals surface area contributed by atoms with Crippen LogP contribution in [0.25, 0.3) is 10.8 Å². The molecule has 0 spiro atoms. The molecule has 1 aliphatic rings. The van der Waals surface area contributed by atoms with Crippen LogP contribution in [-0.4, -0.2) is 18.9 Å². The van der Waals surface area contributed by atoms with Crippen LogP contribution in [0.3, 0.4) is 0 Å². The van der Waals surface area contributed by atoms with Crippen molar-refractivity contribution in [2.24, 2.45) is 5.41 Å². The van der Waals surface area contributed by atoms with Gasteiger partial charge in [0.25, 0.3) is 0 Å². The molecule has 3 nitrogen and oxygen atoms in total. The first-order valence-corrected chi connectivity index (χ1v) is 7.40. The zero-order valence-electron chi connectivity index (χ0n) is 12.6. The number of rotatable bonds is 3. The second-order valence-electron chi connectivity index (χ2n) is 5.75. The van der Waals surface area contributed by atoms with Crippen molar-refractivity contribution in [1.82, 2.24) is 0 Å². The van der Waals surface area contributed by atoms with Crippen molar-refractivity contribution in [1.29, 1.82) is 0 Å². The van der Waals surface area contributed by atoms with Crippen LogP contribution < -0.4 is 0 Å². The fraction of sp³-hybridized carbons (Fsp3) is 0.263. The fourth-order valence-corrected chi connectivity index (χ4v) is 3.32. The molecule has 2 aromatic rings. The van der Waals surface area contributed by atoms with Gasteiger partial charge in [-0.3, -0.25) is 9.59 Å². The van der Waals surface area contributed by atoms with Crippen molar-refractivity contribution in [3.63, 3.8) is 0 Å². The number of hydrogen-bond acceptors (Lipinski definition) is 3. The molecule has 1 aliphatic carbocycles. The summed E-state index contributed by atoms with van der Waals surface area (Å²) >= 11 is 0. The maximum absolute atomic E-state index is 13.1. The highest BCUT2D eigenvalue weighted by Gasteiger charge is 2.51. The first-order chi connectivity index (χ1) is 10.6. The molecule has 3 heteroatoms. The highest BCUT2D eigenvalue weighted by Crippen LogP contribution is 2.45. The topological polar surface area (TPSA) is 43.4 Å². The van der Waals surface area contributed by atoms with Crippen LogP contribution >= 0.6 is 0 Å². The third-order valence-corrected chi connectivity index (χ3v) is 4.57. The molecule has 3 rings (SSSR count). The van der Waals surface area contributed by atoms with Crippen molar-refractivity contribution in [3.05, 3.63) is 60.2 Å². The summed E-state index contributed by atoms with van der Waals surface area (Å²) < 4.78 is 4.92. The summed E-state index contributed by atoms with van der Waals surface area (Å²) in [5.74, 6) is -0.694. The summed E-state index contributed by atoms with van der Waals surface area (Å²) in [4.78, 5) is 25.4. The average molecular weight is 294 g/mol. The first-order valence-electron chi connectivity index (χ1n) is 7.40. The molecule has 2 aromatic carbocycles. The molecule has 0 radical (unpaired) electrons. The van der Waals surface area contributed by atoms with Gasteiger partial charge >= 0.3 is 5.97 Å². The Kier molecular flexibility index (Phi) is 3.57. The number of benzene rings is 2. The molecular formula is C19H18O3. The Balaban J connectivity index is 2.09. The molecule has 0 unspecified atom stereocenters. The van der Waals surface area contributed by atoms with E-state index >= 15 is 0 Å². The lowest BCUT2D eigenvalue weighted by molar-refractivity contribution is -0.147. The molecule has 0 heterocycles. The highest BCUT2D eigenvalue weighted by molar-refractivity contribution is 6.16. The minimum atomic E-state index is -1.21. The first kappa shape index (κ1) is 14.5. The number of ketones is 1. The molecule has 1 fully saturated rings. The van der Waals surface area contributed by atoms with Crippen molar-refractivity contribution in [3.8, 4) is 0 Å². The van der Waals surface area contributed by atoms with Gasteiger partial charge in [0.1, 0.15) is 0 Å². The van der Waals surface area contributed by atoms with Crippen LogP contribution in [0.15, 0.2) is 54.6 Å². The summed E-state index contributed by atoms with van der Waals surface area (Å²) in [6, 6.07) is 13.4. The largest absolute Gasteiger partial charge is 0.468 e. The number of hydrogen-bond donors (Lipinski definition) is 0. The Morgan fingerprint density at radius 2 is 1.86 bits per heavy atom. The van der Waals surface area contributed by atoms with E-state index in [2.05, 4.69) is 6.58 Å². The van der Waals surface area contributed by atoms with E-state index in [1.807, 2.05) is 36.4 Å². The van der Waals surface area contributed by atoms with Crippen LogP contribution in [0.4, 0.5) is 0 Å². The van der Waals surface area contributed by atoms with E-state index in [1.165, 1.54) is 7.11 Å². The Hall–Kier alpha value is -2.42. The van der Waals surface area contributed by atoms with Gasteiger partial charge < -0.3 is 4.74 Å². The van der Waals surface area contributed by atoms with E-state index in [-0.39, 0.29) is 5.78 Å². The Morgan fingerprint density at radius 1 is 1.14 bits per heavy atom. The molecule has 0 amide bonds. The van der Waals surface area contributed by atoms with Gasteiger partial charge in [-0.15, -0.1) is 0 Å². The Morgan fingerprint density at radius 3 is 2.50 bits per heavy atom. The molecule has 0 N–H and O–H groups in total. The number of methoxy groups -OCH3 is 1. The van der Waals surface area contributed by atoms with E-state index in [1.54, 1.807) is 6.07 Å². The van der Waals surface area contributed by atoms with E-state index in [0.717, 1.165) is 17.2 Å². The van der Waals surface area contributed by atoms with Crippen LogP contribution in [-0.2, 0) is 9.53 Å². The van der Waals surface area contributed by atoms with E-state index in [9.17, 15) is 9.59 Å². The smallest absolute Gasteiger partial charge is 0.323 e. The van der Waals surface area contributed by atoms with Gasteiger partial charge in [0, 0.05) is 5.56 Å². The third kappa shape index (κ3) is 2.05. The Bertz CT molecular complexity index is 775. The summed E-state index contributed by atoms with van der Waals surface area (Å²) in [7, 11) is 1.32. The van der Waals surface area contributed by atoms with Gasteiger partial charge in [-0.05, 0) is 36.1 Å². The van der Waals surface area contributed by atoms with Crippen LogP contribution in [0.5, 0.6) is 0 Å². The molecule has 0 aliphatic heterocycles. The van der Waals surface area contributed by atoms with Gasteiger partial charge in [-0.2, -0.15) is 0 Å². The number of fused-ring (bicyclic) bond motifs is 1. The van der Waals surface area contributed by atoms with Crippen molar-refractivity contribution in [2.45, 2.75) is 19.3 Å². The highest BCUT2D eigenvalue weighted by atomic mass is 16.5. The number of ether oxygens (including phenoxy) is 1. The number of esters is 1. The van der Waals surface area contributed by atoms with Gasteiger partial charge in [0.15, 0.2) is 11.2 Å². The van der Waals surface area contributed by atoms with E-state index < -0.39 is 11.4 Å². The number of Topliss-reactive ketones (excluding diaryl/α,β-unsaturated/α-hetero) is 1. The zero-order valence-corrected chi connectivity index (χ0v) is 12.6. The van der Waals surface area contributed by atoms with Crippen LogP contribution in [0.1, 0.15) is 29.6 Å². The fourth-order valence-electron chi connectivity index (χ4n) is 3.32. The average Bonchev–Trinajstić information content (AvgIpc) is 2.95. The normalized spacial score (nSPS) is 21.0. The van der Waals surface area contributed by atoms with E-state index in [4.69, 9.17) is 4.74 Å². The zero-order chi connectivity index (χ0) is 15.7. The summed E-state index contributed by atoms with van der Waals surface area (Å²) in [5.41, 5.74) is -0.0123. The van der Waals surface area contributed by atoms with Gasteiger partial charge in [-0.1, -0.05) is 48.6 Å². The molecule has 1 atom stereocenters. The standard InChI is InChI=1S/C19H18O3/c1-13-6-5-11-19(13,18(21)22-2)17(20)16-10-9-14-7-3-4-8-15(14)12-16/h3-4,7-10,12H,1,5-6,11H2,2H3/t19-/m1/s1. The monoisotopic (exact) mass is 294 g/mol. The predicted octanol–water partition coefficient (Wildman–Crippen LogP) is 3.92.